The second-order valence-corrected chi connectivity index (χ2v) is 5.69. The number of nitrogens with one attached hydrogen (secondary N) is 1. The van der Waals surface area contributed by atoms with Crippen LogP contribution in [0.25, 0.3) is 11.4 Å². The van der Waals surface area contributed by atoms with E-state index in [9.17, 15) is 4.79 Å². The van der Waals surface area contributed by atoms with Gasteiger partial charge in [-0.3, -0.25) is 0 Å². The number of carbonyl (C=O) groups is 1. The van der Waals surface area contributed by atoms with Gasteiger partial charge in [-0.2, -0.15) is 4.98 Å². The Kier molecular flexibility index (Phi) is 5.15. The maximum Gasteiger partial charge on any atom is 0.408 e. The van der Waals surface area contributed by atoms with Gasteiger partial charge in [-0.05, 0) is 33.8 Å². The van der Waals surface area contributed by atoms with Crippen molar-refractivity contribution in [1.29, 1.82) is 0 Å². The molecule has 8 nitrogen and oxygen atoms in total. The maximum atomic E-state index is 11.6. The number of hydrogen-bond acceptors (Lipinski definition) is 7. The predicted octanol–water partition coefficient (Wildman–Crippen LogP) is 2.56. The van der Waals surface area contributed by atoms with Crippen molar-refractivity contribution in [2.75, 3.05) is 6.61 Å². The molecule has 0 saturated heterocycles. The highest BCUT2D eigenvalue weighted by Gasteiger charge is 2.17. The quantitative estimate of drug-likeness (QED) is 0.903. The zero-order chi connectivity index (χ0) is 16.9. The van der Waals surface area contributed by atoms with Crippen LogP contribution in [0.3, 0.4) is 0 Å². The Morgan fingerprint density at radius 3 is 2.74 bits per heavy atom. The lowest BCUT2D eigenvalue weighted by molar-refractivity contribution is 0.0518. The van der Waals surface area contributed by atoms with Crippen LogP contribution in [0.15, 0.2) is 22.9 Å². The second kappa shape index (κ2) is 7.08. The summed E-state index contributed by atoms with van der Waals surface area (Å²) in [6, 6.07) is 3.52. The molecular formula is C15H20N4O4. The fraction of sp³-hybridized carbons (Fsp3) is 0.467. The van der Waals surface area contributed by atoms with E-state index in [0.29, 0.717) is 23.9 Å². The molecule has 0 bridgehead atoms. The van der Waals surface area contributed by atoms with Gasteiger partial charge in [0.25, 0.3) is 0 Å². The van der Waals surface area contributed by atoms with Gasteiger partial charge >= 0.3 is 6.09 Å². The minimum absolute atomic E-state index is 0.0897. The number of hydrogen-bond donors (Lipinski definition) is 1. The van der Waals surface area contributed by atoms with Crippen LogP contribution in [0.5, 0.6) is 5.88 Å². The highest BCUT2D eigenvalue weighted by molar-refractivity contribution is 5.67. The van der Waals surface area contributed by atoms with Crippen molar-refractivity contribution in [2.24, 2.45) is 0 Å². The zero-order valence-electron chi connectivity index (χ0n) is 13.6. The van der Waals surface area contributed by atoms with Gasteiger partial charge in [-0.1, -0.05) is 5.16 Å². The molecule has 0 radical (unpaired) electrons. The Morgan fingerprint density at radius 2 is 2.13 bits per heavy atom. The summed E-state index contributed by atoms with van der Waals surface area (Å²) < 4.78 is 15.5. The molecule has 124 valence electrons. The average Bonchev–Trinajstić information content (AvgIpc) is 2.93. The molecule has 2 aromatic rings. The van der Waals surface area contributed by atoms with Crippen molar-refractivity contribution in [3.8, 4) is 17.3 Å². The standard InChI is InChI=1S/C15H20N4O4/c1-5-21-11-7-6-10(8-16-11)13-18-12(23-19-13)9-17-14(20)22-15(2,3)4/h6-8H,5,9H2,1-4H3,(H,17,20). The molecule has 23 heavy (non-hydrogen) atoms. The van der Waals surface area contributed by atoms with Gasteiger partial charge in [0.2, 0.25) is 17.6 Å². The van der Waals surface area contributed by atoms with Crippen molar-refractivity contribution in [3.05, 3.63) is 24.2 Å². The molecule has 2 aromatic heterocycles. The third kappa shape index (κ3) is 5.24. The normalized spacial score (nSPS) is 11.1. The maximum absolute atomic E-state index is 11.6. The van der Waals surface area contributed by atoms with Crippen LogP contribution in [0.2, 0.25) is 0 Å². The van der Waals surface area contributed by atoms with E-state index in [0.717, 1.165) is 0 Å². The van der Waals surface area contributed by atoms with E-state index in [-0.39, 0.29) is 12.4 Å². The molecule has 0 aromatic carbocycles. The Hall–Kier alpha value is -2.64. The van der Waals surface area contributed by atoms with E-state index in [2.05, 4.69) is 20.4 Å². The molecule has 0 aliphatic carbocycles. The van der Waals surface area contributed by atoms with Crippen LogP contribution >= 0.6 is 0 Å². The first-order valence-electron chi connectivity index (χ1n) is 7.26. The SMILES string of the molecule is CCOc1ccc(-c2noc(CNC(=O)OC(C)(C)C)n2)cn1. The summed E-state index contributed by atoms with van der Waals surface area (Å²) in [5.41, 5.74) is 0.138. The van der Waals surface area contributed by atoms with Crippen molar-refractivity contribution >= 4 is 6.09 Å². The molecule has 0 aliphatic rings. The molecule has 0 fully saturated rings. The molecule has 2 heterocycles. The molecule has 0 saturated carbocycles. The number of alkyl carbamates (subject to hydrolysis) is 1. The Morgan fingerprint density at radius 1 is 1.35 bits per heavy atom. The topological polar surface area (TPSA) is 99.4 Å². The smallest absolute Gasteiger partial charge is 0.408 e. The predicted molar refractivity (Wildman–Crippen MR) is 81.8 cm³/mol. The van der Waals surface area contributed by atoms with E-state index in [1.54, 1.807) is 39.1 Å². The Balaban J connectivity index is 1.94. The molecule has 0 unspecified atom stereocenters. The molecule has 1 amide bonds. The lowest BCUT2D eigenvalue weighted by Gasteiger charge is -2.19. The van der Waals surface area contributed by atoms with Gasteiger partial charge in [0.15, 0.2) is 0 Å². The fourth-order valence-electron chi connectivity index (χ4n) is 1.65. The molecule has 1 N–H and O–H groups in total. The van der Waals surface area contributed by atoms with Crippen LogP contribution < -0.4 is 10.1 Å². The van der Waals surface area contributed by atoms with Crippen molar-refractivity contribution in [1.82, 2.24) is 20.4 Å². The molecule has 0 spiro atoms. The van der Waals surface area contributed by atoms with E-state index >= 15 is 0 Å². The molecule has 2 rings (SSSR count). The lowest BCUT2D eigenvalue weighted by Crippen LogP contribution is -2.32. The van der Waals surface area contributed by atoms with Gasteiger partial charge in [0.1, 0.15) is 12.1 Å². The summed E-state index contributed by atoms with van der Waals surface area (Å²) in [5.74, 6) is 1.20. The van der Waals surface area contributed by atoms with Crippen LogP contribution in [-0.4, -0.2) is 33.4 Å². The zero-order valence-corrected chi connectivity index (χ0v) is 13.6. The number of rotatable bonds is 5. The summed E-state index contributed by atoms with van der Waals surface area (Å²) >= 11 is 0. The Bertz CT molecular complexity index is 646. The molecule has 0 aliphatic heterocycles. The van der Waals surface area contributed by atoms with Gasteiger partial charge in [0, 0.05) is 17.8 Å². The highest BCUT2D eigenvalue weighted by Crippen LogP contribution is 2.17. The minimum atomic E-state index is -0.557. The summed E-state index contributed by atoms with van der Waals surface area (Å²) in [4.78, 5) is 19.9. The molecular weight excluding hydrogens is 300 g/mol. The summed E-state index contributed by atoms with van der Waals surface area (Å²) in [5, 5.41) is 6.41. The number of nitrogens with zero attached hydrogens (tertiary/aromatic N) is 3. The number of amides is 1. The second-order valence-electron chi connectivity index (χ2n) is 5.69. The van der Waals surface area contributed by atoms with E-state index in [1.165, 1.54) is 0 Å². The van der Waals surface area contributed by atoms with E-state index < -0.39 is 11.7 Å². The third-order valence-corrected chi connectivity index (χ3v) is 2.54. The number of pyridine rings is 1. The van der Waals surface area contributed by atoms with Crippen molar-refractivity contribution in [2.45, 2.75) is 39.8 Å². The lowest BCUT2D eigenvalue weighted by atomic mass is 10.2. The monoisotopic (exact) mass is 320 g/mol. The van der Waals surface area contributed by atoms with Crippen LogP contribution in [0.4, 0.5) is 4.79 Å². The van der Waals surface area contributed by atoms with E-state index in [1.807, 2.05) is 6.92 Å². The van der Waals surface area contributed by atoms with Gasteiger partial charge < -0.3 is 19.3 Å². The van der Waals surface area contributed by atoms with Gasteiger partial charge in [0.05, 0.1) is 6.61 Å². The first-order chi connectivity index (χ1) is 10.9. The molecule has 8 heteroatoms. The first kappa shape index (κ1) is 16.7. The minimum Gasteiger partial charge on any atom is -0.478 e. The highest BCUT2D eigenvalue weighted by atomic mass is 16.6. The van der Waals surface area contributed by atoms with Crippen LogP contribution in [-0.2, 0) is 11.3 Å². The van der Waals surface area contributed by atoms with Gasteiger partial charge in [-0.25, -0.2) is 9.78 Å². The van der Waals surface area contributed by atoms with Gasteiger partial charge in [-0.15, -0.1) is 0 Å². The third-order valence-electron chi connectivity index (χ3n) is 2.54. The summed E-state index contributed by atoms with van der Waals surface area (Å²) in [6.07, 6.45) is 1.06. The van der Waals surface area contributed by atoms with Crippen molar-refractivity contribution < 1.29 is 18.8 Å². The molecule has 0 atom stereocenters. The summed E-state index contributed by atoms with van der Waals surface area (Å²) in [6.45, 7) is 7.89. The largest absolute Gasteiger partial charge is 0.478 e. The Labute approximate surface area is 134 Å². The summed E-state index contributed by atoms with van der Waals surface area (Å²) in [7, 11) is 0. The van der Waals surface area contributed by atoms with E-state index in [4.69, 9.17) is 14.0 Å². The average molecular weight is 320 g/mol. The van der Waals surface area contributed by atoms with Crippen LogP contribution in [0, 0.1) is 0 Å². The number of aromatic nitrogens is 3. The van der Waals surface area contributed by atoms with Crippen LogP contribution in [0.1, 0.15) is 33.6 Å². The first-order valence-corrected chi connectivity index (χ1v) is 7.26. The fourth-order valence-corrected chi connectivity index (χ4v) is 1.65. The number of carbonyl (C=O) groups excluding carboxylic acids is 1. The number of ether oxygens (including phenoxy) is 2. The van der Waals surface area contributed by atoms with Crippen molar-refractivity contribution in [3.63, 3.8) is 0 Å².